The van der Waals surface area contributed by atoms with E-state index in [1.165, 1.54) is 17.9 Å². The number of hydrogen-bond donors (Lipinski definition) is 1. The van der Waals surface area contributed by atoms with Crippen LogP contribution in [-0.2, 0) is 4.79 Å². The van der Waals surface area contributed by atoms with Crippen LogP contribution in [0.2, 0.25) is 0 Å². The zero-order valence-electron chi connectivity index (χ0n) is 8.45. The van der Waals surface area contributed by atoms with Gasteiger partial charge in [-0.25, -0.2) is 0 Å². The van der Waals surface area contributed by atoms with E-state index in [1.807, 2.05) is 16.7 Å². The van der Waals surface area contributed by atoms with Gasteiger partial charge < -0.3 is 10.6 Å². The largest absolute Gasteiger partial charge is 0.341 e. The summed E-state index contributed by atoms with van der Waals surface area (Å²) in [5.41, 5.74) is 5.75. The van der Waals surface area contributed by atoms with Gasteiger partial charge in [-0.2, -0.15) is 11.8 Å². The molecule has 3 nitrogen and oxygen atoms in total. The fourth-order valence-corrected chi connectivity index (χ4v) is 3.46. The first-order valence-corrected chi connectivity index (χ1v) is 6.55. The molecule has 80 valence electrons. The number of rotatable bonds is 2. The monoisotopic (exact) mass is 214 g/mol. The van der Waals surface area contributed by atoms with E-state index in [-0.39, 0.29) is 11.9 Å². The van der Waals surface area contributed by atoms with Gasteiger partial charge in [0.1, 0.15) is 0 Å². The molecule has 2 unspecified atom stereocenters. The summed E-state index contributed by atoms with van der Waals surface area (Å²) >= 11 is 2.00. The topological polar surface area (TPSA) is 46.3 Å². The number of carbonyl (C=O) groups excluding carboxylic acids is 1. The van der Waals surface area contributed by atoms with Gasteiger partial charge in [-0.15, -0.1) is 0 Å². The Morgan fingerprint density at radius 3 is 3.07 bits per heavy atom. The summed E-state index contributed by atoms with van der Waals surface area (Å²) < 4.78 is 0. The Balaban J connectivity index is 1.86. The maximum absolute atomic E-state index is 11.7. The van der Waals surface area contributed by atoms with Crippen LogP contribution in [0.1, 0.15) is 19.3 Å². The fourth-order valence-electron chi connectivity index (χ4n) is 2.19. The normalized spacial score (nSPS) is 33.8. The molecule has 0 aromatic rings. The van der Waals surface area contributed by atoms with Gasteiger partial charge in [-0.1, -0.05) is 0 Å². The number of carbonyl (C=O) groups is 1. The molecule has 2 rings (SSSR count). The van der Waals surface area contributed by atoms with Crippen LogP contribution in [0.5, 0.6) is 0 Å². The van der Waals surface area contributed by atoms with Gasteiger partial charge in [0.2, 0.25) is 5.91 Å². The van der Waals surface area contributed by atoms with Crippen molar-refractivity contribution in [1.29, 1.82) is 0 Å². The zero-order valence-corrected chi connectivity index (χ0v) is 9.26. The highest BCUT2D eigenvalue weighted by Crippen LogP contribution is 2.25. The van der Waals surface area contributed by atoms with Gasteiger partial charge >= 0.3 is 0 Å². The molecular formula is C10H18N2OS. The first-order valence-electron chi connectivity index (χ1n) is 5.39. The summed E-state index contributed by atoms with van der Waals surface area (Å²) in [5.74, 6) is 3.38. The van der Waals surface area contributed by atoms with Crippen molar-refractivity contribution in [2.75, 3.05) is 24.6 Å². The number of nitrogens with two attached hydrogens (primary N) is 1. The summed E-state index contributed by atoms with van der Waals surface area (Å²) in [6, 6.07) is -0.224. The van der Waals surface area contributed by atoms with Crippen LogP contribution in [0.15, 0.2) is 0 Å². The molecule has 14 heavy (non-hydrogen) atoms. The van der Waals surface area contributed by atoms with E-state index in [1.54, 1.807) is 0 Å². The molecular weight excluding hydrogens is 196 g/mol. The quantitative estimate of drug-likeness (QED) is 0.735. The summed E-state index contributed by atoms with van der Waals surface area (Å²) in [6.45, 7) is 1.87. The van der Waals surface area contributed by atoms with Crippen molar-refractivity contribution in [3.05, 3.63) is 0 Å². The molecule has 0 bridgehead atoms. The molecule has 2 aliphatic rings. The Kier molecular flexibility index (Phi) is 3.34. The molecule has 2 N–H and O–H groups in total. The highest BCUT2D eigenvalue weighted by atomic mass is 32.2. The minimum Gasteiger partial charge on any atom is -0.341 e. The lowest BCUT2D eigenvalue weighted by Crippen LogP contribution is -2.49. The van der Waals surface area contributed by atoms with Crippen LogP contribution in [-0.4, -0.2) is 41.4 Å². The van der Waals surface area contributed by atoms with Crippen LogP contribution in [0, 0.1) is 5.92 Å². The van der Waals surface area contributed by atoms with Crippen molar-refractivity contribution in [3.8, 4) is 0 Å². The lowest BCUT2D eigenvalue weighted by atomic mass is 10.0. The number of hydrogen-bond acceptors (Lipinski definition) is 3. The van der Waals surface area contributed by atoms with Crippen molar-refractivity contribution in [2.45, 2.75) is 25.3 Å². The molecule has 0 radical (unpaired) electrons. The third-order valence-electron chi connectivity index (χ3n) is 3.07. The second-order valence-electron chi connectivity index (χ2n) is 4.26. The van der Waals surface area contributed by atoms with Crippen molar-refractivity contribution in [1.82, 2.24) is 4.90 Å². The van der Waals surface area contributed by atoms with E-state index in [0.717, 1.165) is 25.9 Å². The first kappa shape index (κ1) is 10.3. The lowest BCUT2D eigenvalue weighted by molar-refractivity contribution is -0.135. The van der Waals surface area contributed by atoms with Crippen molar-refractivity contribution >= 4 is 17.7 Å². The highest BCUT2D eigenvalue weighted by molar-refractivity contribution is 7.99. The van der Waals surface area contributed by atoms with Crippen LogP contribution in [0.25, 0.3) is 0 Å². The van der Waals surface area contributed by atoms with Crippen molar-refractivity contribution < 1.29 is 4.79 Å². The van der Waals surface area contributed by atoms with E-state index in [0.29, 0.717) is 5.92 Å². The van der Waals surface area contributed by atoms with Gasteiger partial charge in [0, 0.05) is 13.1 Å². The molecule has 2 atom stereocenters. The summed E-state index contributed by atoms with van der Waals surface area (Å²) in [7, 11) is 0. The molecule has 4 heteroatoms. The maximum atomic E-state index is 11.7. The van der Waals surface area contributed by atoms with Crippen LogP contribution < -0.4 is 5.73 Å². The molecule has 2 heterocycles. The van der Waals surface area contributed by atoms with Gasteiger partial charge in [-0.3, -0.25) is 4.79 Å². The lowest BCUT2D eigenvalue weighted by Gasteiger charge is -2.32. The zero-order chi connectivity index (χ0) is 9.97. The second kappa shape index (κ2) is 4.53. The molecule has 2 fully saturated rings. The molecule has 1 amide bonds. The third-order valence-corrected chi connectivity index (χ3v) is 4.31. The highest BCUT2D eigenvalue weighted by Gasteiger charge is 2.28. The van der Waals surface area contributed by atoms with Crippen molar-refractivity contribution in [3.63, 3.8) is 0 Å². The third kappa shape index (κ3) is 2.23. The molecule has 0 aromatic carbocycles. The Morgan fingerprint density at radius 1 is 1.50 bits per heavy atom. The van der Waals surface area contributed by atoms with Gasteiger partial charge in [0.05, 0.1) is 6.04 Å². The molecule has 0 saturated carbocycles. The molecule has 0 spiro atoms. The van der Waals surface area contributed by atoms with E-state index in [2.05, 4.69) is 0 Å². The average Bonchev–Trinajstić information content (AvgIpc) is 2.66. The SMILES string of the molecule is NC1CCCN(CC2CCSC2)C1=O. The minimum absolute atomic E-state index is 0.174. The minimum atomic E-state index is -0.224. The number of likely N-dealkylation sites (tertiary alicyclic amines) is 1. The number of nitrogens with zero attached hydrogens (tertiary/aromatic N) is 1. The second-order valence-corrected chi connectivity index (χ2v) is 5.41. The summed E-state index contributed by atoms with van der Waals surface area (Å²) in [6.07, 6.45) is 3.21. The number of amides is 1. The first-order chi connectivity index (χ1) is 6.77. The van der Waals surface area contributed by atoms with Crippen LogP contribution >= 0.6 is 11.8 Å². The number of piperidine rings is 1. The molecule has 2 aliphatic heterocycles. The molecule has 0 aliphatic carbocycles. The Morgan fingerprint density at radius 2 is 2.36 bits per heavy atom. The maximum Gasteiger partial charge on any atom is 0.239 e. The molecule has 2 saturated heterocycles. The Labute approximate surface area is 89.4 Å². The van der Waals surface area contributed by atoms with E-state index < -0.39 is 0 Å². The average molecular weight is 214 g/mol. The van der Waals surface area contributed by atoms with E-state index >= 15 is 0 Å². The fraction of sp³-hybridized carbons (Fsp3) is 0.900. The van der Waals surface area contributed by atoms with E-state index in [9.17, 15) is 4.79 Å². The number of thioether (sulfide) groups is 1. The predicted molar refractivity (Wildman–Crippen MR) is 59.2 cm³/mol. The summed E-state index contributed by atoms with van der Waals surface area (Å²) in [5, 5.41) is 0. The van der Waals surface area contributed by atoms with Crippen LogP contribution in [0.4, 0.5) is 0 Å². The van der Waals surface area contributed by atoms with Gasteiger partial charge in [0.25, 0.3) is 0 Å². The predicted octanol–water partition coefficient (Wildman–Crippen LogP) is 0.689. The van der Waals surface area contributed by atoms with Crippen LogP contribution in [0.3, 0.4) is 0 Å². The Hall–Kier alpha value is -0.220. The van der Waals surface area contributed by atoms with Gasteiger partial charge in [0.15, 0.2) is 0 Å². The van der Waals surface area contributed by atoms with Gasteiger partial charge in [-0.05, 0) is 36.7 Å². The smallest absolute Gasteiger partial charge is 0.239 e. The van der Waals surface area contributed by atoms with E-state index in [4.69, 9.17) is 5.73 Å². The van der Waals surface area contributed by atoms with Crippen molar-refractivity contribution in [2.24, 2.45) is 11.7 Å². The molecule has 0 aromatic heterocycles. The summed E-state index contributed by atoms with van der Waals surface area (Å²) in [4.78, 5) is 13.7. The Bertz CT molecular complexity index is 216. The standard InChI is InChI=1S/C10H18N2OS/c11-9-2-1-4-12(10(9)13)6-8-3-5-14-7-8/h8-9H,1-7,11H2.